The molecule has 0 N–H and O–H groups in total. The maximum Gasteiger partial charge on any atom is 0.360 e. The van der Waals surface area contributed by atoms with Crippen LogP contribution in [0.4, 0.5) is 11.4 Å². The zero-order chi connectivity index (χ0) is 21.8. The van der Waals surface area contributed by atoms with E-state index in [-0.39, 0.29) is 17.9 Å². The molecule has 0 spiro atoms. The number of ether oxygens (including phenoxy) is 1. The standard InChI is InChI=1S/C23H23ClN4O3/c1-2-31-23(30)22-20(16-21(29)28(25-22)18-8-4-3-5-9-18)27-13-11-26(12-14-27)19-10-6-7-17(24)15-19/h3-10,15-16H,2,11-14H2,1H3. The van der Waals surface area contributed by atoms with Crippen LogP contribution in [0.15, 0.2) is 65.5 Å². The third-order valence-electron chi connectivity index (χ3n) is 5.17. The van der Waals surface area contributed by atoms with Crippen molar-refractivity contribution in [2.45, 2.75) is 6.92 Å². The van der Waals surface area contributed by atoms with Crippen LogP contribution in [0.5, 0.6) is 0 Å². The lowest BCUT2D eigenvalue weighted by Gasteiger charge is -2.37. The lowest BCUT2D eigenvalue weighted by molar-refractivity contribution is 0.0518. The summed E-state index contributed by atoms with van der Waals surface area (Å²) in [4.78, 5) is 29.7. The van der Waals surface area contributed by atoms with Gasteiger partial charge in [0.05, 0.1) is 18.0 Å². The summed E-state index contributed by atoms with van der Waals surface area (Å²) in [6.45, 7) is 4.70. The Morgan fingerprint density at radius 1 is 0.968 bits per heavy atom. The van der Waals surface area contributed by atoms with Gasteiger partial charge in [-0.1, -0.05) is 35.9 Å². The average molecular weight is 439 g/mol. The smallest absolute Gasteiger partial charge is 0.360 e. The van der Waals surface area contributed by atoms with Crippen molar-refractivity contribution in [1.29, 1.82) is 0 Å². The molecule has 0 radical (unpaired) electrons. The summed E-state index contributed by atoms with van der Waals surface area (Å²) in [6.07, 6.45) is 0. The van der Waals surface area contributed by atoms with Gasteiger partial charge in [0, 0.05) is 43.0 Å². The Morgan fingerprint density at radius 2 is 1.65 bits per heavy atom. The summed E-state index contributed by atoms with van der Waals surface area (Å²) in [6, 6.07) is 18.2. The number of piperazine rings is 1. The minimum atomic E-state index is -0.542. The number of halogens is 1. The zero-order valence-electron chi connectivity index (χ0n) is 17.2. The maximum atomic E-state index is 12.8. The normalized spacial score (nSPS) is 13.9. The minimum absolute atomic E-state index is 0.140. The number of anilines is 2. The van der Waals surface area contributed by atoms with Gasteiger partial charge < -0.3 is 14.5 Å². The Balaban J connectivity index is 1.64. The number of nitrogens with zero attached hydrogens (tertiary/aromatic N) is 4. The molecule has 3 aromatic rings. The number of hydrogen-bond acceptors (Lipinski definition) is 6. The van der Waals surface area contributed by atoms with E-state index in [1.165, 1.54) is 10.7 Å². The number of benzene rings is 2. The van der Waals surface area contributed by atoms with Crippen molar-refractivity contribution >= 4 is 28.9 Å². The molecule has 7 nitrogen and oxygen atoms in total. The second-order valence-corrected chi connectivity index (χ2v) is 7.57. The van der Waals surface area contributed by atoms with Crippen LogP contribution in [0.25, 0.3) is 5.69 Å². The predicted molar refractivity (Wildman–Crippen MR) is 122 cm³/mol. The van der Waals surface area contributed by atoms with Crippen LogP contribution in [0.3, 0.4) is 0 Å². The van der Waals surface area contributed by atoms with Crippen molar-refractivity contribution in [3.8, 4) is 5.69 Å². The third kappa shape index (κ3) is 4.56. The molecule has 0 amide bonds. The maximum absolute atomic E-state index is 12.8. The van der Waals surface area contributed by atoms with E-state index >= 15 is 0 Å². The lowest BCUT2D eigenvalue weighted by atomic mass is 10.2. The van der Waals surface area contributed by atoms with Crippen molar-refractivity contribution in [3.63, 3.8) is 0 Å². The zero-order valence-corrected chi connectivity index (χ0v) is 18.0. The van der Waals surface area contributed by atoms with Crippen molar-refractivity contribution in [2.24, 2.45) is 0 Å². The summed E-state index contributed by atoms with van der Waals surface area (Å²) in [5.41, 5.74) is 1.99. The van der Waals surface area contributed by atoms with Gasteiger partial charge in [0.25, 0.3) is 5.56 Å². The van der Waals surface area contributed by atoms with Crippen LogP contribution in [0.2, 0.25) is 5.02 Å². The molecule has 1 aliphatic heterocycles. The molecule has 0 aliphatic carbocycles. The molecule has 4 rings (SSSR count). The van der Waals surface area contributed by atoms with Gasteiger partial charge in [0.2, 0.25) is 0 Å². The number of carbonyl (C=O) groups excluding carboxylic acids is 1. The van der Waals surface area contributed by atoms with E-state index in [2.05, 4.69) is 10.00 Å². The first kappa shape index (κ1) is 20.9. The summed E-state index contributed by atoms with van der Waals surface area (Å²) in [5, 5.41) is 5.07. The largest absolute Gasteiger partial charge is 0.461 e. The molecule has 1 aromatic heterocycles. The van der Waals surface area contributed by atoms with Gasteiger partial charge >= 0.3 is 5.97 Å². The van der Waals surface area contributed by atoms with Crippen molar-refractivity contribution < 1.29 is 9.53 Å². The Kier molecular flexibility index (Phi) is 6.23. The fourth-order valence-electron chi connectivity index (χ4n) is 3.67. The van der Waals surface area contributed by atoms with Crippen molar-refractivity contribution in [3.05, 3.63) is 81.7 Å². The average Bonchev–Trinajstić information content (AvgIpc) is 2.80. The summed E-state index contributed by atoms with van der Waals surface area (Å²) < 4.78 is 6.46. The van der Waals surface area contributed by atoms with E-state index in [4.69, 9.17) is 16.3 Å². The summed E-state index contributed by atoms with van der Waals surface area (Å²) in [7, 11) is 0. The number of rotatable bonds is 5. The van der Waals surface area contributed by atoms with Gasteiger partial charge in [-0.3, -0.25) is 4.79 Å². The Labute approximate surface area is 185 Å². The van der Waals surface area contributed by atoms with E-state index in [0.29, 0.717) is 29.5 Å². The van der Waals surface area contributed by atoms with E-state index < -0.39 is 5.97 Å². The van der Waals surface area contributed by atoms with Crippen LogP contribution in [0, 0.1) is 0 Å². The van der Waals surface area contributed by atoms with Crippen LogP contribution in [-0.2, 0) is 4.74 Å². The molecule has 160 valence electrons. The fraction of sp³-hybridized carbons (Fsp3) is 0.261. The third-order valence-corrected chi connectivity index (χ3v) is 5.41. The van der Waals surface area contributed by atoms with Crippen LogP contribution >= 0.6 is 11.6 Å². The van der Waals surface area contributed by atoms with E-state index in [1.54, 1.807) is 19.1 Å². The Bertz CT molecular complexity index is 1130. The van der Waals surface area contributed by atoms with E-state index in [0.717, 1.165) is 18.8 Å². The number of esters is 1. The highest BCUT2D eigenvalue weighted by Gasteiger charge is 2.25. The van der Waals surface area contributed by atoms with E-state index in [1.807, 2.05) is 47.4 Å². The molecular formula is C23H23ClN4O3. The molecule has 0 bridgehead atoms. The van der Waals surface area contributed by atoms with Gasteiger partial charge in [-0.05, 0) is 37.3 Å². The highest BCUT2D eigenvalue weighted by Crippen LogP contribution is 2.24. The van der Waals surface area contributed by atoms with Crippen molar-refractivity contribution in [2.75, 3.05) is 42.6 Å². The molecular weight excluding hydrogens is 416 g/mol. The van der Waals surface area contributed by atoms with Crippen molar-refractivity contribution in [1.82, 2.24) is 9.78 Å². The van der Waals surface area contributed by atoms with Gasteiger partial charge in [0.1, 0.15) is 0 Å². The summed E-state index contributed by atoms with van der Waals surface area (Å²) >= 11 is 6.12. The molecule has 2 aromatic carbocycles. The van der Waals surface area contributed by atoms with Crippen LogP contribution < -0.4 is 15.4 Å². The van der Waals surface area contributed by atoms with Crippen LogP contribution in [-0.4, -0.2) is 48.5 Å². The molecule has 1 aliphatic rings. The first-order valence-corrected chi connectivity index (χ1v) is 10.6. The second kappa shape index (κ2) is 9.22. The molecule has 2 heterocycles. The topological polar surface area (TPSA) is 67.7 Å². The molecule has 0 unspecified atom stereocenters. The molecule has 1 saturated heterocycles. The molecule has 8 heteroatoms. The molecule has 1 fully saturated rings. The monoisotopic (exact) mass is 438 g/mol. The number of para-hydroxylation sites is 1. The highest BCUT2D eigenvalue weighted by atomic mass is 35.5. The highest BCUT2D eigenvalue weighted by molar-refractivity contribution is 6.30. The van der Waals surface area contributed by atoms with Gasteiger partial charge in [0.15, 0.2) is 5.69 Å². The van der Waals surface area contributed by atoms with Gasteiger partial charge in [-0.25, -0.2) is 4.79 Å². The summed E-state index contributed by atoms with van der Waals surface area (Å²) in [5.74, 6) is -0.542. The second-order valence-electron chi connectivity index (χ2n) is 7.14. The molecule has 0 atom stereocenters. The lowest BCUT2D eigenvalue weighted by Crippen LogP contribution is -2.47. The fourth-order valence-corrected chi connectivity index (χ4v) is 3.85. The quantitative estimate of drug-likeness (QED) is 0.569. The predicted octanol–water partition coefficient (Wildman–Crippen LogP) is 3.39. The molecule has 31 heavy (non-hydrogen) atoms. The molecule has 0 saturated carbocycles. The Hall–Kier alpha value is -3.32. The minimum Gasteiger partial charge on any atom is -0.461 e. The Morgan fingerprint density at radius 3 is 2.32 bits per heavy atom. The van der Waals surface area contributed by atoms with E-state index in [9.17, 15) is 9.59 Å². The number of aromatic nitrogens is 2. The number of hydrogen-bond donors (Lipinski definition) is 0. The number of carbonyl (C=O) groups is 1. The first-order chi connectivity index (χ1) is 15.1. The van der Waals surface area contributed by atoms with Gasteiger partial charge in [-0.2, -0.15) is 9.78 Å². The van der Waals surface area contributed by atoms with Crippen LogP contribution in [0.1, 0.15) is 17.4 Å². The van der Waals surface area contributed by atoms with Gasteiger partial charge in [-0.15, -0.1) is 0 Å². The SMILES string of the molecule is CCOC(=O)c1nn(-c2ccccc2)c(=O)cc1N1CCN(c2cccc(Cl)c2)CC1. The first-order valence-electron chi connectivity index (χ1n) is 10.2.